The van der Waals surface area contributed by atoms with E-state index in [1.807, 2.05) is 18.2 Å². The van der Waals surface area contributed by atoms with Gasteiger partial charge in [0.2, 0.25) is 5.89 Å². The van der Waals surface area contributed by atoms with Crippen molar-refractivity contribution in [2.75, 3.05) is 17.7 Å². The van der Waals surface area contributed by atoms with Crippen LogP contribution in [0.5, 0.6) is 0 Å². The van der Waals surface area contributed by atoms with Crippen LogP contribution in [0.3, 0.4) is 0 Å². The molecule has 9 heteroatoms. The smallest absolute Gasteiger partial charge is 0.316 e. The molecule has 1 amide bonds. The third kappa shape index (κ3) is 5.20. The molecule has 1 heterocycles. The number of benzene rings is 2. The molecule has 7 nitrogen and oxygen atoms in total. The first-order valence-electron chi connectivity index (χ1n) is 9.36. The molecule has 0 unspecified atom stereocenters. The Kier molecular flexibility index (Phi) is 6.35. The van der Waals surface area contributed by atoms with Gasteiger partial charge in [-0.25, -0.2) is 0 Å². The second-order valence-electron chi connectivity index (χ2n) is 6.71. The van der Waals surface area contributed by atoms with Gasteiger partial charge in [-0.15, -0.1) is 10.2 Å². The topological polar surface area (TPSA) is 94.3 Å². The molecular formula is C21H18ClN3O4S. The lowest BCUT2D eigenvalue weighted by atomic mass is 10.1. The van der Waals surface area contributed by atoms with E-state index in [4.69, 9.17) is 20.8 Å². The molecule has 0 bridgehead atoms. The number of carbonyl (C=O) groups is 2. The lowest BCUT2D eigenvalue weighted by molar-refractivity contribution is -0.144. The van der Waals surface area contributed by atoms with Gasteiger partial charge in [0, 0.05) is 16.3 Å². The standard InChI is InChI=1S/C21H18ClN3O4S/c22-16-7-4-14(5-8-16)20-24-25-21(29-20)30-12-19(27)28-11-18(26)23-17-9-6-13-2-1-3-15(13)10-17/h4-10H,1-3,11-12H2,(H,23,26). The predicted octanol–water partition coefficient (Wildman–Crippen LogP) is 4.15. The summed E-state index contributed by atoms with van der Waals surface area (Å²) in [6, 6.07) is 12.8. The maximum absolute atomic E-state index is 12.0. The number of aryl methyl sites for hydroxylation is 2. The molecule has 0 saturated heterocycles. The minimum Gasteiger partial charge on any atom is -0.455 e. The zero-order chi connectivity index (χ0) is 20.9. The first-order valence-corrected chi connectivity index (χ1v) is 10.7. The van der Waals surface area contributed by atoms with E-state index in [0.717, 1.165) is 36.6 Å². The highest BCUT2D eigenvalue weighted by atomic mass is 35.5. The molecule has 1 aromatic heterocycles. The summed E-state index contributed by atoms with van der Waals surface area (Å²) < 4.78 is 10.5. The van der Waals surface area contributed by atoms with Crippen molar-refractivity contribution in [2.24, 2.45) is 0 Å². The van der Waals surface area contributed by atoms with Crippen molar-refractivity contribution in [1.82, 2.24) is 10.2 Å². The molecule has 0 spiro atoms. The fourth-order valence-electron chi connectivity index (χ4n) is 3.13. The SMILES string of the molecule is O=C(COC(=O)CSc1nnc(-c2ccc(Cl)cc2)o1)Nc1ccc2c(c1)CCC2. The number of hydrogen-bond donors (Lipinski definition) is 1. The van der Waals surface area contributed by atoms with Crippen LogP contribution in [0, 0.1) is 0 Å². The summed E-state index contributed by atoms with van der Waals surface area (Å²) in [5.74, 6) is -0.644. The second-order valence-corrected chi connectivity index (χ2v) is 8.08. The number of anilines is 1. The van der Waals surface area contributed by atoms with Gasteiger partial charge in [-0.3, -0.25) is 9.59 Å². The Morgan fingerprint density at radius 1 is 1.10 bits per heavy atom. The number of hydrogen-bond acceptors (Lipinski definition) is 7. The number of halogens is 1. The van der Waals surface area contributed by atoms with E-state index in [2.05, 4.69) is 15.5 Å². The number of fused-ring (bicyclic) bond motifs is 1. The molecule has 0 radical (unpaired) electrons. The quantitative estimate of drug-likeness (QED) is 0.433. The maximum Gasteiger partial charge on any atom is 0.316 e. The minimum atomic E-state index is -0.546. The lowest BCUT2D eigenvalue weighted by Gasteiger charge is -2.08. The number of aromatic nitrogens is 2. The van der Waals surface area contributed by atoms with Crippen molar-refractivity contribution in [3.63, 3.8) is 0 Å². The van der Waals surface area contributed by atoms with Crippen LogP contribution in [0.4, 0.5) is 5.69 Å². The van der Waals surface area contributed by atoms with Crippen LogP contribution >= 0.6 is 23.4 Å². The van der Waals surface area contributed by atoms with E-state index in [0.29, 0.717) is 16.6 Å². The van der Waals surface area contributed by atoms with Crippen molar-refractivity contribution in [2.45, 2.75) is 24.5 Å². The Bertz CT molecular complexity index is 1070. The van der Waals surface area contributed by atoms with Gasteiger partial charge < -0.3 is 14.5 Å². The van der Waals surface area contributed by atoms with Crippen LogP contribution in [0.25, 0.3) is 11.5 Å². The molecule has 154 valence electrons. The molecule has 1 aliphatic rings. The van der Waals surface area contributed by atoms with Gasteiger partial charge in [-0.1, -0.05) is 29.4 Å². The van der Waals surface area contributed by atoms with Crippen LogP contribution < -0.4 is 5.32 Å². The van der Waals surface area contributed by atoms with E-state index in [1.165, 1.54) is 11.1 Å². The van der Waals surface area contributed by atoms with E-state index < -0.39 is 5.97 Å². The molecule has 0 aliphatic heterocycles. The maximum atomic E-state index is 12.0. The first kappa shape index (κ1) is 20.4. The van der Waals surface area contributed by atoms with Crippen molar-refractivity contribution in [1.29, 1.82) is 0 Å². The fourth-order valence-corrected chi connectivity index (χ4v) is 3.82. The molecule has 0 saturated carbocycles. The number of rotatable bonds is 7. The Labute approximate surface area is 182 Å². The number of amides is 1. The third-order valence-electron chi connectivity index (χ3n) is 4.56. The van der Waals surface area contributed by atoms with Crippen molar-refractivity contribution >= 4 is 40.9 Å². The molecule has 0 atom stereocenters. The van der Waals surface area contributed by atoms with Gasteiger partial charge in [0.05, 0.1) is 0 Å². The number of nitrogens with one attached hydrogen (secondary N) is 1. The highest BCUT2D eigenvalue weighted by Crippen LogP contribution is 2.25. The minimum absolute atomic E-state index is 0.0472. The van der Waals surface area contributed by atoms with Crippen molar-refractivity contribution < 1.29 is 18.7 Å². The van der Waals surface area contributed by atoms with Gasteiger partial charge in [-0.2, -0.15) is 0 Å². The number of ether oxygens (including phenoxy) is 1. The van der Waals surface area contributed by atoms with Crippen molar-refractivity contribution in [3.05, 3.63) is 58.6 Å². The van der Waals surface area contributed by atoms with E-state index in [9.17, 15) is 9.59 Å². The zero-order valence-corrected chi connectivity index (χ0v) is 17.5. The van der Waals surface area contributed by atoms with E-state index in [1.54, 1.807) is 24.3 Å². The molecule has 30 heavy (non-hydrogen) atoms. The predicted molar refractivity (Wildman–Crippen MR) is 114 cm³/mol. The number of carbonyl (C=O) groups excluding carboxylic acids is 2. The number of thioether (sulfide) groups is 1. The molecule has 2 aromatic carbocycles. The molecule has 0 fully saturated rings. The van der Waals surface area contributed by atoms with Crippen LogP contribution in [0.2, 0.25) is 5.02 Å². The van der Waals surface area contributed by atoms with Gasteiger partial charge in [0.25, 0.3) is 11.1 Å². The first-order chi connectivity index (χ1) is 14.6. The number of nitrogens with zero attached hydrogens (tertiary/aromatic N) is 2. The average molecular weight is 444 g/mol. The molecule has 1 N–H and O–H groups in total. The Morgan fingerprint density at radius 2 is 1.90 bits per heavy atom. The Hall–Kier alpha value is -2.84. The summed E-state index contributed by atoms with van der Waals surface area (Å²) >= 11 is 6.90. The van der Waals surface area contributed by atoms with Crippen LogP contribution in [0.15, 0.2) is 52.1 Å². The summed E-state index contributed by atoms with van der Waals surface area (Å²) in [6.45, 7) is -0.351. The summed E-state index contributed by atoms with van der Waals surface area (Å²) in [7, 11) is 0. The molecular weight excluding hydrogens is 426 g/mol. The van der Waals surface area contributed by atoms with Gasteiger partial charge in [0.15, 0.2) is 6.61 Å². The van der Waals surface area contributed by atoms with Crippen molar-refractivity contribution in [3.8, 4) is 11.5 Å². The fraction of sp³-hybridized carbons (Fsp3) is 0.238. The van der Waals surface area contributed by atoms with E-state index >= 15 is 0 Å². The van der Waals surface area contributed by atoms with Crippen LogP contribution in [0.1, 0.15) is 17.5 Å². The monoisotopic (exact) mass is 443 g/mol. The molecule has 4 rings (SSSR count). The zero-order valence-electron chi connectivity index (χ0n) is 15.9. The third-order valence-corrected chi connectivity index (χ3v) is 5.60. The lowest BCUT2D eigenvalue weighted by Crippen LogP contribution is -2.21. The summed E-state index contributed by atoms with van der Waals surface area (Å²) in [4.78, 5) is 23.9. The van der Waals surface area contributed by atoms with Gasteiger partial charge in [0.1, 0.15) is 5.75 Å². The summed E-state index contributed by atoms with van der Waals surface area (Å²) in [5.41, 5.74) is 4.03. The van der Waals surface area contributed by atoms with Gasteiger partial charge >= 0.3 is 5.97 Å². The number of esters is 1. The summed E-state index contributed by atoms with van der Waals surface area (Å²) in [6.07, 6.45) is 3.25. The second kappa shape index (κ2) is 9.32. The van der Waals surface area contributed by atoms with Crippen LogP contribution in [-0.4, -0.2) is 34.4 Å². The normalized spacial score (nSPS) is 12.4. The van der Waals surface area contributed by atoms with Crippen LogP contribution in [-0.2, 0) is 27.2 Å². The largest absolute Gasteiger partial charge is 0.455 e. The molecule has 3 aromatic rings. The average Bonchev–Trinajstić information content (AvgIpc) is 3.40. The van der Waals surface area contributed by atoms with Gasteiger partial charge in [-0.05, 0) is 66.8 Å². The van der Waals surface area contributed by atoms with E-state index in [-0.39, 0.29) is 23.5 Å². The molecule has 1 aliphatic carbocycles. The summed E-state index contributed by atoms with van der Waals surface area (Å²) in [5, 5.41) is 11.4. The Morgan fingerprint density at radius 3 is 2.73 bits per heavy atom. The highest BCUT2D eigenvalue weighted by Gasteiger charge is 2.15. The Balaban J connectivity index is 1.21. The highest BCUT2D eigenvalue weighted by molar-refractivity contribution is 7.99.